The molecule has 2 heterocycles. The van der Waals surface area contributed by atoms with Crippen LogP contribution < -0.4 is 0 Å². The first-order chi connectivity index (χ1) is 16.7. The summed E-state index contributed by atoms with van der Waals surface area (Å²) in [5.74, 6) is -0.0141. The van der Waals surface area contributed by atoms with Crippen molar-refractivity contribution in [3.63, 3.8) is 0 Å². The van der Waals surface area contributed by atoms with Crippen LogP contribution in [0, 0.1) is 5.41 Å². The topological polar surface area (TPSA) is 119 Å². The van der Waals surface area contributed by atoms with Gasteiger partial charge in [-0.1, -0.05) is 61.4 Å². The van der Waals surface area contributed by atoms with Crippen LogP contribution in [-0.2, 0) is 16.1 Å². The molecule has 0 radical (unpaired) electrons. The van der Waals surface area contributed by atoms with Crippen molar-refractivity contribution in [1.82, 2.24) is 10.3 Å². The van der Waals surface area contributed by atoms with Crippen molar-refractivity contribution in [1.29, 1.82) is 0 Å². The smallest absolute Gasteiger partial charge is 0.304 e. The Morgan fingerprint density at radius 2 is 1.91 bits per heavy atom. The Kier molecular flexibility index (Phi) is 7.72. The van der Waals surface area contributed by atoms with Crippen molar-refractivity contribution in [2.24, 2.45) is 5.41 Å². The van der Waals surface area contributed by atoms with E-state index in [2.05, 4.69) is 10.3 Å². The van der Waals surface area contributed by atoms with E-state index in [4.69, 9.17) is 13.8 Å². The molecule has 35 heavy (non-hydrogen) atoms. The number of benzene rings is 1. The quantitative estimate of drug-likeness (QED) is 0.309. The fourth-order valence-corrected chi connectivity index (χ4v) is 4.25. The predicted octanol–water partition coefficient (Wildman–Crippen LogP) is 5.84. The van der Waals surface area contributed by atoms with Crippen LogP contribution in [0.2, 0.25) is 0 Å². The molecule has 0 amide bonds. The maximum Gasteiger partial charge on any atom is 0.304 e. The van der Waals surface area contributed by atoms with Gasteiger partial charge in [-0.2, -0.15) is 0 Å². The van der Waals surface area contributed by atoms with Crippen LogP contribution in [0.1, 0.15) is 93.4 Å². The third kappa shape index (κ3) is 6.38. The first-order valence-corrected chi connectivity index (χ1v) is 12.2. The number of nitrogens with zero attached hydrogens (tertiary/aromatic N) is 2. The second-order valence-corrected chi connectivity index (χ2v) is 10.4. The third-order valence-corrected chi connectivity index (χ3v) is 6.35. The lowest BCUT2D eigenvalue weighted by molar-refractivity contribution is -0.137. The summed E-state index contributed by atoms with van der Waals surface area (Å²) >= 11 is 0. The lowest BCUT2D eigenvalue weighted by Gasteiger charge is -2.22. The number of hydrogen-bond donors (Lipinski definition) is 2. The Hall–Kier alpha value is -2.97. The summed E-state index contributed by atoms with van der Waals surface area (Å²) in [6.07, 6.45) is 2.48. The molecular weight excluding hydrogens is 448 g/mol. The molecule has 0 spiro atoms. The molecule has 8 nitrogen and oxygen atoms in total. The Labute approximate surface area is 205 Å². The standard InChI is InChI=1S/C27H34N2O6/c1-27(2,3)26(32)21-15-20(28-34-21)25-23(18-11-12-18)24(29-35-25)19(14-22(30)31)10-7-13-33-16-17-8-5-4-6-9-17/h4-6,8-9,15,18-19,26,32H,7,10-14,16H2,1-3H3,(H,30,31)/t19-,26?/m0/s1. The van der Waals surface area contributed by atoms with E-state index in [1.807, 2.05) is 51.1 Å². The van der Waals surface area contributed by atoms with Crippen molar-refractivity contribution in [3.05, 3.63) is 59.0 Å². The highest BCUT2D eigenvalue weighted by Gasteiger charge is 2.37. The van der Waals surface area contributed by atoms with Gasteiger partial charge in [-0.25, -0.2) is 0 Å². The number of aliphatic carboxylic acids is 1. The largest absolute Gasteiger partial charge is 0.481 e. The highest BCUT2D eigenvalue weighted by molar-refractivity contribution is 5.68. The van der Waals surface area contributed by atoms with Crippen molar-refractivity contribution < 1.29 is 28.8 Å². The number of aliphatic hydroxyl groups excluding tert-OH is 1. The molecule has 1 aromatic carbocycles. The number of hydrogen-bond acceptors (Lipinski definition) is 7. The zero-order valence-electron chi connectivity index (χ0n) is 20.6. The van der Waals surface area contributed by atoms with E-state index in [9.17, 15) is 15.0 Å². The molecule has 2 N–H and O–H groups in total. The van der Waals surface area contributed by atoms with Gasteiger partial charge in [0, 0.05) is 24.2 Å². The summed E-state index contributed by atoms with van der Waals surface area (Å²) in [4.78, 5) is 11.7. The molecule has 2 atom stereocenters. The molecule has 0 saturated heterocycles. The van der Waals surface area contributed by atoms with E-state index >= 15 is 0 Å². The molecule has 188 valence electrons. The predicted molar refractivity (Wildman–Crippen MR) is 129 cm³/mol. The van der Waals surface area contributed by atoms with Crippen LogP contribution in [0.4, 0.5) is 0 Å². The van der Waals surface area contributed by atoms with E-state index in [-0.39, 0.29) is 18.3 Å². The highest BCUT2D eigenvalue weighted by atomic mass is 16.5. The molecule has 2 aromatic heterocycles. The van der Waals surface area contributed by atoms with Crippen molar-refractivity contribution in [3.8, 4) is 11.5 Å². The summed E-state index contributed by atoms with van der Waals surface area (Å²) in [5.41, 5.74) is 2.79. The second-order valence-electron chi connectivity index (χ2n) is 10.4. The number of carbonyl (C=O) groups is 1. The van der Waals surface area contributed by atoms with Gasteiger partial charge in [0.05, 0.1) is 18.7 Å². The first-order valence-electron chi connectivity index (χ1n) is 12.2. The molecule has 1 aliphatic carbocycles. The minimum atomic E-state index is -0.872. The minimum Gasteiger partial charge on any atom is -0.481 e. The average Bonchev–Trinajstić information content (AvgIpc) is 3.37. The van der Waals surface area contributed by atoms with Crippen LogP contribution in [0.25, 0.3) is 11.5 Å². The Balaban J connectivity index is 1.48. The first kappa shape index (κ1) is 25.1. The fraction of sp³-hybridized carbons (Fsp3) is 0.519. The molecule has 0 aliphatic heterocycles. The SMILES string of the molecule is CC(C)(C)C(O)c1cc(-c2onc([C@@H](CCCOCc3ccccc3)CC(=O)O)c2C2CC2)no1. The molecule has 0 bridgehead atoms. The monoisotopic (exact) mass is 482 g/mol. The number of carboxylic acids is 1. The molecule has 1 aliphatic rings. The molecule has 1 unspecified atom stereocenters. The van der Waals surface area contributed by atoms with Crippen LogP contribution in [0.15, 0.2) is 45.4 Å². The third-order valence-electron chi connectivity index (χ3n) is 6.35. The Morgan fingerprint density at radius 3 is 2.57 bits per heavy atom. The van der Waals surface area contributed by atoms with E-state index in [0.29, 0.717) is 49.0 Å². The Bertz CT molecular complexity index is 1110. The number of aliphatic hydroxyl groups is 1. The number of rotatable bonds is 12. The van der Waals surface area contributed by atoms with Gasteiger partial charge >= 0.3 is 5.97 Å². The highest BCUT2D eigenvalue weighted by Crippen LogP contribution is 2.49. The fourth-order valence-electron chi connectivity index (χ4n) is 4.25. The van der Waals surface area contributed by atoms with Crippen molar-refractivity contribution >= 4 is 5.97 Å². The van der Waals surface area contributed by atoms with Gasteiger partial charge < -0.3 is 24.0 Å². The summed E-state index contributed by atoms with van der Waals surface area (Å²) in [6.45, 7) is 6.82. The summed E-state index contributed by atoms with van der Waals surface area (Å²) < 4.78 is 16.9. The molecular formula is C27H34N2O6. The molecule has 1 saturated carbocycles. The maximum atomic E-state index is 11.7. The zero-order valence-corrected chi connectivity index (χ0v) is 20.6. The summed E-state index contributed by atoms with van der Waals surface area (Å²) in [6, 6.07) is 11.6. The van der Waals surface area contributed by atoms with Crippen LogP contribution >= 0.6 is 0 Å². The average molecular weight is 483 g/mol. The van der Waals surface area contributed by atoms with Crippen LogP contribution in [0.5, 0.6) is 0 Å². The lowest BCUT2D eigenvalue weighted by atomic mass is 9.87. The summed E-state index contributed by atoms with van der Waals surface area (Å²) in [5, 5.41) is 28.6. The number of carboxylic acid groups (broad SMARTS) is 1. The molecule has 4 rings (SSSR count). The van der Waals surface area contributed by atoms with Gasteiger partial charge in [0.15, 0.2) is 17.2 Å². The van der Waals surface area contributed by atoms with E-state index in [0.717, 1.165) is 24.0 Å². The maximum absolute atomic E-state index is 11.7. The number of aromatic nitrogens is 2. The zero-order chi connectivity index (χ0) is 25.0. The van der Waals surface area contributed by atoms with Gasteiger partial charge in [-0.3, -0.25) is 4.79 Å². The summed E-state index contributed by atoms with van der Waals surface area (Å²) in [7, 11) is 0. The van der Waals surface area contributed by atoms with Gasteiger partial charge in [0.2, 0.25) is 0 Å². The normalized spacial score (nSPS) is 15.8. The molecule has 3 aromatic rings. The van der Waals surface area contributed by atoms with Crippen molar-refractivity contribution in [2.75, 3.05) is 6.61 Å². The van der Waals surface area contributed by atoms with E-state index in [1.54, 1.807) is 6.07 Å². The number of ether oxygens (including phenoxy) is 1. The van der Waals surface area contributed by atoms with Gasteiger partial charge in [0.25, 0.3) is 0 Å². The Morgan fingerprint density at radius 1 is 1.17 bits per heavy atom. The molecule has 8 heteroatoms. The molecule has 1 fully saturated rings. The lowest BCUT2D eigenvalue weighted by Crippen LogP contribution is -2.17. The second kappa shape index (κ2) is 10.7. The van der Waals surface area contributed by atoms with E-state index in [1.165, 1.54) is 0 Å². The van der Waals surface area contributed by atoms with E-state index < -0.39 is 17.5 Å². The van der Waals surface area contributed by atoms with Crippen molar-refractivity contribution in [2.45, 2.75) is 77.4 Å². The van der Waals surface area contributed by atoms with Gasteiger partial charge in [-0.05, 0) is 42.6 Å². The van der Waals surface area contributed by atoms with Crippen LogP contribution in [0.3, 0.4) is 0 Å². The van der Waals surface area contributed by atoms with Gasteiger partial charge in [-0.15, -0.1) is 0 Å². The van der Waals surface area contributed by atoms with Crippen LogP contribution in [-0.4, -0.2) is 33.1 Å². The minimum absolute atomic E-state index is 0.0306. The van der Waals surface area contributed by atoms with Gasteiger partial charge in [0.1, 0.15) is 6.10 Å².